The van der Waals surface area contributed by atoms with Gasteiger partial charge in [-0.1, -0.05) is 18.2 Å². The SMILES string of the molecule is Cn1cc(C(=O)O[C@@H](C(N)=O)C2CCOCC2)c2ccccc21. The number of rotatable bonds is 4. The van der Waals surface area contributed by atoms with E-state index in [1.165, 1.54) is 0 Å². The monoisotopic (exact) mass is 316 g/mol. The minimum absolute atomic E-state index is 0.0832. The van der Waals surface area contributed by atoms with E-state index in [1.54, 1.807) is 6.20 Å². The maximum absolute atomic E-state index is 12.6. The molecule has 3 rings (SSSR count). The molecule has 0 aliphatic carbocycles. The summed E-state index contributed by atoms with van der Waals surface area (Å²) in [5, 5.41) is 0.801. The Morgan fingerprint density at radius 1 is 1.30 bits per heavy atom. The standard InChI is InChI=1S/C17H20N2O4/c1-19-10-13(12-4-2-3-5-14(12)19)17(21)23-15(16(18)20)11-6-8-22-9-7-11/h2-5,10-11,15H,6-9H2,1H3,(H2,18,20)/t15-/m1/s1. The Morgan fingerprint density at radius 2 is 2.00 bits per heavy atom. The molecule has 1 aromatic heterocycles. The molecule has 2 heterocycles. The molecule has 0 saturated carbocycles. The number of ether oxygens (including phenoxy) is 2. The molecular formula is C17H20N2O4. The average molecular weight is 316 g/mol. The molecule has 0 bridgehead atoms. The van der Waals surface area contributed by atoms with Crippen LogP contribution in [0.2, 0.25) is 0 Å². The smallest absolute Gasteiger partial charge is 0.341 e. The Balaban J connectivity index is 1.84. The van der Waals surface area contributed by atoms with Crippen molar-refractivity contribution in [3.05, 3.63) is 36.0 Å². The molecule has 1 atom stereocenters. The number of hydrogen-bond donors (Lipinski definition) is 1. The number of amides is 1. The van der Waals surface area contributed by atoms with Crippen LogP contribution in [0.25, 0.3) is 10.9 Å². The molecule has 1 aliphatic rings. The maximum atomic E-state index is 12.6. The fourth-order valence-corrected chi connectivity index (χ4v) is 3.09. The summed E-state index contributed by atoms with van der Waals surface area (Å²) in [6.07, 6.45) is 2.13. The number of nitrogens with two attached hydrogens (primary N) is 1. The summed E-state index contributed by atoms with van der Waals surface area (Å²) in [6, 6.07) is 7.56. The van der Waals surface area contributed by atoms with Crippen molar-refractivity contribution in [1.82, 2.24) is 4.57 Å². The van der Waals surface area contributed by atoms with Crippen molar-refractivity contribution in [1.29, 1.82) is 0 Å². The Labute approximate surface area is 134 Å². The summed E-state index contributed by atoms with van der Waals surface area (Å²) in [5.74, 6) is -1.21. The maximum Gasteiger partial charge on any atom is 0.341 e. The Morgan fingerprint density at radius 3 is 2.70 bits per heavy atom. The van der Waals surface area contributed by atoms with Crippen molar-refractivity contribution in [3.8, 4) is 0 Å². The summed E-state index contributed by atoms with van der Waals surface area (Å²) >= 11 is 0. The van der Waals surface area contributed by atoms with Gasteiger partial charge < -0.3 is 19.8 Å². The first-order valence-electron chi connectivity index (χ1n) is 7.70. The van der Waals surface area contributed by atoms with E-state index in [0.29, 0.717) is 31.6 Å². The van der Waals surface area contributed by atoms with Gasteiger partial charge in [0.2, 0.25) is 0 Å². The lowest BCUT2D eigenvalue weighted by atomic mass is 9.93. The molecule has 1 aliphatic heterocycles. The van der Waals surface area contributed by atoms with Crippen molar-refractivity contribution in [3.63, 3.8) is 0 Å². The molecule has 23 heavy (non-hydrogen) atoms. The zero-order valence-corrected chi connectivity index (χ0v) is 13.0. The first kappa shape index (κ1) is 15.6. The third-order valence-electron chi connectivity index (χ3n) is 4.33. The van der Waals surface area contributed by atoms with E-state index in [2.05, 4.69) is 0 Å². The minimum Gasteiger partial charge on any atom is -0.448 e. The Kier molecular flexibility index (Phi) is 4.34. The van der Waals surface area contributed by atoms with Crippen LogP contribution in [-0.4, -0.2) is 35.8 Å². The fourth-order valence-electron chi connectivity index (χ4n) is 3.09. The van der Waals surface area contributed by atoms with Crippen molar-refractivity contribution >= 4 is 22.8 Å². The lowest BCUT2D eigenvalue weighted by molar-refractivity contribution is -0.131. The van der Waals surface area contributed by atoms with Crippen molar-refractivity contribution < 1.29 is 19.1 Å². The number of benzene rings is 1. The summed E-state index contributed by atoms with van der Waals surface area (Å²) in [5.41, 5.74) is 6.83. The van der Waals surface area contributed by atoms with E-state index < -0.39 is 18.0 Å². The first-order chi connectivity index (χ1) is 11.1. The van der Waals surface area contributed by atoms with E-state index in [1.807, 2.05) is 35.9 Å². The summed E-state index contributed by atoms with van der Waals surface area (Å²) in [6.45, 7) is 1.11. The minimum atomic E-state index is -0.912. The molecule has 2 N–H and O–H groups in total. The molecule has 1 fully saturated rings. The molecular weight excluding hydrogens is 296 g/mol. The van der Waals surface area contributed by atoms with Crippen LogP contribution in [0.1, 0.15) is 23.2 Å². The van der Waals surface area contributed by atoms with Gasteiger partial charge in [-0.2, -0.15) is 0 Å². The van der Waals surface area contributed by atoms with Crippen LogP contribution in [0.15, 0.2) is 30.5 Å². The van der Waals surface area contributed by atoms with Gasteiger partial charge in [-0.05, 0) is 18.9 Å². The third-order valence-corrected chi connectivity index (χ3v) is 4.33. The van der Waals surface area contributed by atoms with Gasteiger partial charge in [0.05, 0.1) is 5.56 Å². The van der Waals surface area contributed by atoms with Crippen molar-refractivity contribution in [2.75, 3.05) is 13.2 Å². The predicted molar refractivity (Wildman–Crippen MR) is 84.9 cm³/mol. The van der Waals surface area contributed by atoms with Gasteiger partial charge in [0.1, 0.15) is 0 Å². The van der Waals surface area contributed by atoms with Gasteiger partial charge in [-0.25, -0.2) is 4.79 Å². The van der Waals surface area contributed by atoms with Gasteiger partial charge in [-0.15, -0.1) is 0 Å². The second-order valence-corrected chi connectivity index (χ2v) is 5.85. The lowest BCUT2D eigenvalue weighted by Crippen LogP contribution is -2.41. The number of aromatic nitrogens is 1. The highest BCUT2D eigenvalue weighted by molar-refractivity contribution is 6.05. The molecule has 2 aromatic rings. The van der Waals surface area contributed by atoms with E-state index >= 15 is 0 Å². The van der Waals surface area contributed by atoms with Crippen molar-refractivity contribution in [2.45, 2.75) is 18.9 Å². The summed E-state index contributed by atoms with van der Waals surface area (Å²) < 4.78 is 12.6. The number of primary amides is 1. The topological polar surface area (TPSA) is 83.5 Å². The molecule has 0 radical (unpaired) electrons. The third kappa shape index (κ3) is 3.07. The highest BCUT2D eigenvalue weighted by atomic mass is 16.5. The number of nitrogens with zero attached hydrogens (tertiary/aromatic N) is 1. The molecule has 0 spiro atoms. The van der Waals surface area contributed by atoms with Gasteiger partial charge >= 0.3 is 5.97 Å². The van der Waals surface area contributed by atoms with Crippen LogP contribution < -0.4 is 5.73 Å². The van der Waals surface area contributed by atoms with Crippen LogP contribution in [0.4, 0.5) is 0 Å². The predicted octanol–water partition coefficient (Wildman–Crippen LogP) is 1.62. The molecule has 1 saturated heterocycles. The quantitative estimate of drug-likeness (QED) is 0.869. The van der Waals surface area contributed by atoms with E-state index in [9.17, 15) is 9.59 Å². The second-order valence-electron chi connectivity index (χ2n) is 5.85. The molecule has 6 heteroatoms. The zero-order chi connectivity index (χ0) is 16.4. The number of carbonyl (C=O) groups excluding carboxylic acids is 2. The zero-order valence-electron chi connectivity index (χ0n) is 13.0. The van der Waals surface area contributed by atoms with Gasteiger partial charge in [0.25, 0.3) is 5.91 Å². The second kappa shape index (κ2) is 6.42. The Hall–Kier alpha value is -2.34. The van der Waals surface area contributed by atoms with Crippen LogP contribution in [0, 0.1) is 5.92 Å². The van der Waals surface area contributed by atoms with Gasteiger partial charge in [0.15, 0.2) is 6.10 Å². The van der Waals surface area contributed by atoms with Crippen LogP contribution >= 0.6 is 0 Å². The highest BCUT2D eigenvalue weighted by Gasteiger charge is 2.32. The normalized spacial score (nSPS) is 17.1. The molecule has 6 nitrogen and oxygen atoms in total. The average Bonchev–Trinajstić information content (AvgIpc) is 2.90. The highest BCUT2D eigenvalue weighted by Crippen LogP contribution is 2.25. The van der Waals surface area contributed by atoms with Gasteiger partial charge in [0, 0.05) is 43.3 Å². The van der Waals surface area contributed by atoms with Crippen LogP contribution in [0.5, 0.6) is 0 Å². The number of fused-ring (bicyclic) bond motifs is 1. The molecule has 1 aromatic carbocycles. The number of esters is 1. The molecule has 0 unspecified atom stereocenters. The van der Waals surface area contributed by atoms with E-state index in [4.69, 9.17) is 15.2 Å². The number of aryl methyl sites for hydroxylation is 1. The van der Waals surface area contributed by atoms with E-state index in [-0.39, 0.29) is 5.92 Å². The van der Waals surface area contributed by atoms with Gasteiger partial charge in [-0.3, -0.25) is 4.79 Å². The van der Waals surface area contributed by atoms with E-state index in [0.717, 1.165) is 10.9 Å². The van der Waals surface area contributed by atoms with Crippen LogP contribution in [0.3, 0.4) is 0 Å². The number of hydrogen-bond acceptors (Lipinski definition) is 4. The fraction of sp³-hybridized carbons (Fsp3) is 0.412. The molecule has 122 valence electrons. The number of para-hydroxylation sites is 1. The molecule has 1 amide bonds. The lowest BCUT2D eigenvalue weighted by Gasteiger charge is -2.27. The first-order valence-corrected chi connectivity index (χ1v) is 7.70. The summed E-state index contributed by atoms with van der Waals surface area (Å²) in [7, 11) is 1.86. The Bertz CT molecular complexity index is 731. The van der Waals surface area contributed by atoms with Crippen molar-refractivity contribution in [2.24, 2.45) is 18.7 Å². The van der Waals surface area contributed by atoms with Crippen LogP contribution in [-0.2, 0) is 21.3 Å². The largest absolute Gasteiger partial charge is 0.448 e. The summed E-state index contributed by atoms with van der Waals surface area (Å²) in [4.78, 5) is 24.3. The number of carbonyl (C=O) groups is 2.